The fourth-order valence-corrected chi connectivity index (χ4v) is 9.02. The van der Waals surface area contributed by atoms with Gasteiger partial charge in [0.25, 0.3) is 5.56 Å². The van der Waals surface area contributed by atoms with Gasteiger partial charge >= 0.3 is 6.09 Å². The summed E-state index contributed by atoms with van der Waals surface area (Å²) >= 11 is 14.3. The predicted molar refractivity (Wildman–Crippen MR) is 220 cm³/mol. The molecule has 0 bridgehead atoms. The summed E-state index contributed by atoms with van der Waals surface area (Å²) in [6.45, 7) is 8.14. The van der Waals surface area contributed by atoms with Gasteiger partial charge in [-0.05, 0) is 64.3 Å². The van der Waals surface area contributed by atoms with Gasteiger partial charge in [0, 0.05) is 84.8 Å². The minimum atomic E-state index is -0.711. The van der Waals surface area contributed by atoms with E-state index in [0.717, 1.165) is 25.9 Å². The van der Waals surface area contributed by atoms with E-state index in [9.17, 15) is 19.5 Å². The van der Waals surface area contributed by atoms with Gasteiger partial charge in [-0.2, -0.15) is 5.10 Å². The van der Waals surface area contributed by atoms with Crippen LogP contribution in [0.15, 0.2) is 59.7 Å². The molecule has 0 radical (unpaired) electrons. The maximum absolute atomic E-state index is 13.5. The number of nitrogens with one attached hydrogen (secondary N) is 1. The zero-order valence-corrected chi connectivity index (χ0v) is 34.6. The van der Waals surface area contributed by atoms with Crippen molar-refractivity contribution in [3.8, 4) is 39.5 Å². The third-order valence-electron chi connectivity index (χ3n) is 11.2. The van der Waals surface area contributed by atoms with Gasteiger partial charge in [0.2, 0.25) is 11.8 Å². The number of benzene rings is 1. The summed E-state index contributed by atoms with van der Waals surface area (Å²) < 4.78 is 14.6. The number of carbonyl (C=O) groups excluding carboxylic acids is 2. The molecule has 8 rings (SSSR count). The van der Waals surface area contributed by atoms with Gasteiger partial charge in [-0.25, -0.2) is 14.3 Å². The lowest BCUT2D eigenvalue weighted by atomic mass is 9.62. The van der Waals surface area contributed by atoms with Crippen molar-refractivity contribution >= 4 is 40.7 Å². The van der Waals surface area contributed by atoms with Crippen LogP contribution in [0.25, 0.3) is 39.2 Å². The number of ether oxygens (including phenoxy) is 2. The number of rotatable bonds is 10. The summed E-state index contributed by atoms with van der Waals surface area (Å²) in [5.74, 6) is 0.910. The normalized spacial score (nSPS) is 17.9. The molecular weight excluding hydrogens is 783 g/mol. The Morgan fingerprint density at radius 3 is 2.50 bits per heavy atom. The lowest BCUT2D eigenvalue weighted by Gasteiger charge is -2.57. The number of aliphatic hydroxyl groups is 1. The summed E-state index contributed by atoms with van der Waals surface area (Å²) in [4.78, 5) is 52.0. The Morgan fingerprint density at radius 2 is 1.81 bits per heavy atom. The van der Waals surface area contributed by atoms with Crippen molar-refractivity contribution in [2.24, 2.45) is 12.5 Å². The van der Waals surface area contributed by atoms with Gasteiger partial charge < -0.3 is 24.8 Å². The number of pyridine rings is 2. The molecule has 16 heteroatoms. The second-order valence-corrected chi connectivity index (χ2v) is 17.5. The summed E-state index contributed by atoms with van der Waals surface area (Å²) in [7, 11) is 3.25. The maximum Gasteiger partial charge on any atom is 0.410 e. The van der Waals surface area contributed by atoms with E-state index in [1.165, 1.54) is 7.11 Å². The molecule has 2 amide bonds. The molecule has 2 N–H and O–H groups in total. The lowest BCUT2D eigenvalue weighted by Crippen LogP contribution is -2.63. The van der Waals surface area contributed by atoms with Crippen LogP contribution in [0.4, 0.5) is 4.79 Å². The van der Waals surface area contributed by atoms with Crippen molar-refractivity contribution in [1.82, 2.24) is 39.3 Å². The molecule has 14 nitrogen and oxygen atoms in total. The van der Waals surface area contributed by atoms with Crippen LogP contribution in [0.3, 0.4) is 0 Å². The standard InChI is InChI=1S/C42H46Cl2N8O6/c1-41(2,3)58-40(56)51(20-26-10-12-34(54)46-26)18-24-9-11-31(47-38(24)57-5)30-8-6-7-28(35(30)43)29-13-14-45-37(36(29)44)25-15-32-39(55)49(4)33(48-52(32)19-25)21-50-22-42(23-50)16-27(53)17-42/h6-9,11,13-15,19,26-27,53H,10,12,16-18,20-23H2,1-5H3,(H,46,54)/t26-/m0/s1. The molecule has 58 heavy (non-hydrogen) atoms. The van der Waals surface area contributed by atoms with E-state index in [4.69, 9.17) is 42.8 Å². The molecule has 304 valence electrons. The number of aliphatic hydroxyl groups excluding tert-OH is 1. The number of nitrogens with zero attached hydrogens (tertiary/aromatic N) is 7. The second kappa shape index (κ2) is 15.3. The molecule has 3 aliphatic rings. The highest BCUT2D eigenvalue weighted by Gasteiger charge is 2.51. The van der Waals surface area contributed by atoms with Crippen LogP contribution in [0.2, 0.25) is 10.0 Å². The van der Waals surface area contributed by atoms with E-state index in [0.29, 0.717) is 85.9 Å². The molecular formula is C42H46Cl2N8O6. The number of hydrogen-bond acceptors (Lipinski definition) is 10. The largest absolute Gasteiger partial charge is 0.481 e. The Morgan fingerprint density at radius 1 is 1.07 bits per heavy atom. The summed E-state index contributed by atoms with van der Waals surface area (Å²) in [5, 5.41) is 18.3. The first-order chi connectivity index (χ1) is 27.6. The van der Waals surface area contributed by atoms with Crippen LogP contribution in [-0.2, 0) is 29.7 Å². The monoisotopic (exact) mass is 828 g/mol. The summed E-state index contributed by atoms with van der Waals surface area (Å²) in [5.41, 5.74) is 3.93. The summed E-state index contributed by atoms with van der Waals surface area (Å²) in [6.07, 6.45) is 5.41. The van der Waals surface area contributed by atoms with Gasteiger partial charge in [0.15, 0.2) is 0 Å². The Kier molecular flexibility index (Phi) is 10.5. The van der Waals surface area contributed by atoms with Crippen molar-refractivity contribution in [3.63, 3.8) is 0 Å². The van der Waals surface area contributed by atoms with Crippen LogP contribution in [-0.4, -0.2) is 95.5 Å². The molecule has 6 heterocycles. The highest BCUT2D eigenvalue weighted by molar-refractivity contribution is 6.39. The smallest absolute Gasteiger partial charge is 0.410 e. The molecule has 1 aliphatic carbocycles. The molecule has 1 saturated carbocycles. The molecule has 0 unspecified atom stereocenters. The molecule has 1 atom stereocenters. The number of aromatic nitrogens is 5. The van der Waals surface area contributed by atoms with Gasteiger partial charge in [0.05, 0.1) is 47.7 Å². The number of carbonyl (C=O) groups is 2. The molecule has 4 aromatic heterocycles. The average Bonchev–Trinajstić information content (AvgIpc) is 3.77. The molecule has 1 spiro atoms. The van der Waals surface area contributed by atoms with Gasteiger partial charge in [-0.15, -0.1) is 0 Å². The fourth-order valence-electron chi connectivity index (χ4n) is 8.38. The number of hydrogen-bond donors (Lipinski definition) is 2. The average molecular weight is 830 g/mol. The van der Waals surface area contributed by atoms with Gasteiger partial charge in [-0.1, -0.05) is 41.4 Å². The fraction of sp³-hybridized carbons (Fsp3) is 0.429. The SMILES string of the molecule is COc1nc(-c2cccc(-c3ccnc(-c4cc5c(=O)n(C)c(CN6CC7(CC(O)C7)C6)nn5c4)c3Cl)c2Cl)ccc1CN(C[C@@H]1CCC(=O)N1)C(=O)OC(C)(C)C. The van der Waals surface area contributed by atoms with Crippen molar-refractivity contribution in [2.75, 3.05) is 26.7 Å². The van der Waals surface area contributed by atoms with E-state index in [1.807, 2.05) is 30.3 Å². The highest BCUT2D eigenvalue weighted by atomic mass is 35.5. The Bertz CT molecular complexity index is 2480. The van der Waals surface area contributed by atoms with Crippen LogP contribution >= 0.6 is 23.2 Å². The van der Waals surface area contributed by atoms with Gasteiger partial charge in [0.1, 0.15) is 16.9 Å². The summed E-state index contributed by atoms with van der Waals surface area (Å²) in [6, 6.07) is 12.6. The molecule has 3 fully saturated rings. The zero-order valence-electron chi connectivity index (χ0n) is 33.1. The first-order valence-corrected chi connectivity index (χ1v) is 20.1. The van der Waals surface area contributed by atoms with E-state index in [1.54, 1.807) is 66.3 Å². The van der Waals surface area contributed by atoms with E-state index < -0.39 is 11.7 Å². The molecule has 2 saturated heterocycles. The van der Waals surface area contributed by atoms with Crippen molar-refractivity contribution in [3.05, 3.63) is 86.6 Å². The third kappa shape index (κ3) is 7.78. The topological polar surface area (TPSA) is 156 Å². The third-order valence-corrected chi connectivity index (χ3v) is 11.9. The first-order valence-electron chi connectivity index (χ1n) is 19.3. The quantitative estimate of drug-likeness (QED) is 0.168. The van der Waals surface area contributed by atoms with Gasteiger partial charge in [-0.3, -0.25) is 24.0 Å². The zero-order chi connectivity index (χ0) is 41.1. The lowest BCUT2D eigenvalue weighted by molar-refractivity contribution is -0.131. The van der Waals surface area contributed by atoms with Crippen LogP contribution in [0.5, 0.6) is 5.88 Å². The first kappa shape index (κ1) is 39.8. The van der Waals surface area contributed by atoms with Crippen LogP contribution < -0.4 is 15.6 Å². The van der Waals surface area contributed by atoms with Crippen molar-refractivity contribution < 1.29 is 24.2 Å². The van der Waals surface area contributed by atoms with Crippen LogP contribution in [0, 0.1) is 5.41 Å². The molecule has 5 aromatic rings. The minimum Gasteiger partial charge on any atom is -0.481 e. The molecule has 2 aliphatic heterocycles. The number of fused-ring (bicyclic) bond motifs is 1. The van der Waals surface area contributed by atoms with Crippen molar-refractivity contribution in [2.45, 2.75) is 77.3 Å². The van der Waals surface area contributed by atoms with Crippen molar-refractivity contribution in [1.29, 1.82) is 0 Å². The Hall–Kier alpha value is -5.02. The Labute approximate surface area is 345 Å². The number of methoxy groups -OCH3 is 1. The maximum atomic E-state index is 13.5. The van der Waals surface area contributed by atoms with Crippen LogP contribution in [0.1, 0.15) is 57.8 Å². The van der Waals surface area contributed by atoms with E-state index in [-0.39, 0.29) is 42.1 Å². The number of amides is 2. The Balaban J connectivity index is 1.05. The highest BCUT2D eigenvalue weighted by Crippen LogP contribution is 2.48. The predicted octanol–water partition coefficient (Wildman–Crippen LogP) is 6.11. The molecule has 1 aromatic carbocycles. The van der Waals surface area contributed by atoms with E-state index in [2.05, 4.69) is 15.2 Å². The number of likely N-dealkylation sites (tertiary alicyclic amines) is 1. The minimum absolute atomic E-state index is 0.0408. The van der Waals surface area contributed by atoms with E-state index >= 15 is 0 Å². The second-order valence-electron chi connectivity index (χ2n) is 16.8. The number of halogens is 2.